The van der Waals surface area contributed by atoms with Crippen molar-refractivity contribution in [2.45, 2.75) is 6.54 Å². The molecule has 0 saturated heterocycles. The van der Waals surface area contributed by atoms with Crippen molar-refractivity contribution in [1.29, 1.82) is 0 Å². The minimum Gasteiger partial charge on any atom is -0.490 e. The first-order valence-electron chi connectivity index (χ1n) is 5.89. The van der Waals surface area contributed by atoms with Gasteiger partial charge in [0.2, 0.25) is 0 Å². The lowest BCUT2D eigenvalue weighted by Gasteiger charge is -2.09. The third kappa shape index (κ3) is 3.39. The molecule has 0 radical (unpaired) electrons. The van der Waals surface area contributed by atoms with Gasteiger partial charge in [-0.1, -0.05) is 17.7 Å². The largest absolute Gasteiger partial charge is 0.490 e. The van der Waals surface area contributed by atoms with Gasteiger partial charge in [-0.25, -0.2) is 4.79 Å². The number of carbonyl (C=O) groups is 1. The van der Waals surface area contributed by atoms with E-state index in [1.54, 1.807) is 18.3 Å². The summed E-state index contributed by atoms with van der Waals surface area (Å²) in [7, 11) is 0. The van der Waals surface area contributed by atoms with Gasteiger partial charge in [-0.3, -0.25) is 4.79 Å². The summed E-state index contributed by atoms with van der Waals surface area (Å²) in [6.07, 6.45) is 1.67. The monoisotopic (exact) mass is 293 g/mol. The van der Waals surface area contributed by atoms with Gasteiger partial charge in [-0.2, -0.15) is 0 Å². The lowest BCUT2D eigenvalue weighted by atomic mass is 10.2. The van der Waals surface area contributed by atoms with Gasteiger partial charge in [0.1, 0.15) is 12.4 Å². The molecule has 0 spiro atoms. The Morgan fingerprint density at radius 2 is 2.10 bits per heavy atom. The van der Waals surface area contributed by atoms with Crippen molar-refractivity contribution < 1.29 is 14.6 Å². The fourth-order valence-electron chi connectivity index (χ4n) is 1.65. The third-order valence-electron chi connectivity index (χ3n) is 2.67. The number of rotatable bonds is 5. The van der Waals surface area contributed by atoms with Crippen molar-refractivity contribution in [3.05, 3.63) is 63.5 Å². The van der Waals surface area contributed by atoms with Gasteiger partial charge in [0, 0.05) is 12.3 Å². The van der Waals surface area contributed by atoms with Crippen LogP contribution in [-0.2, 0) is 6.54 Å². The maximum Gasteiger partial charge on any atom is 0.335 e. The molecule has 2 aromatic rings. The van der Waals surface area contributed by atoms with E-state index in [0.29, 0.717) is 12.3 Å². The number of carboxylic acid groups (broad SMARTS) is 1. The second-order valence-electron chi connectivity index (χ2n) is 4.03. The van der Waals surface area contributed by atoms with Crippen molar-refractivity contribution in [1.82, 2.24) is 4.57 Å². The number of aromatic carboxylic acids is 1. The maximum atomic E-state index is 11.5. The Morgan fingerprint density at radius 3 is 2.75 bits per heavy atom. The van der Waals surface area contributed by atoms with Crippen LogP contribution in [0, 0.1) is 0 Å². The molecule has 2 rings (SSSR count). The number of halogens is 1. The average molecular weight is 294 g/mol. The Morgan fingerprint density at radius 1 is 1.30 bits per heavy atom. The van der Waals surface area contributed by atoms with Crippen LogP contribution >= 0.6 is 11.6 Å². The first kappa shape index (κ1) is 14.1. The van der Waals surface area contributed by atoms with Gasteiger partial charge >= 0.3 is 5.97 Å². The molecule has 6 heteroatoms. The SMILES string of the molecule is O=C(O)c1ccc(OCCn2ccccc2=O)c(Cl)c1. The molecule has 0 fully saturated rings. The summed E-state index contributed by atoms with van der Waals surface area (Å²) < 4.78 is 6.96. The Bertz CT molecular complexity index is 681. The standard InChI is InChI=1S/C14H12ClNO4/c15-11-9-10(14(18)19)4-5-12(11)20-8-7-16-6-2-1-3-13(16)17/h1-6,9H,7-8H2,(H,18,19). The molecule has 0 atom stereocenters. The molecule has 0 saturated carbocycles. The quantitative estimate of drug-likeness (QED) is 0.918. The molecule has 20 heavy (non-hydrogen) atoms. The van der Waals surface area contributed by atoms with Crippen LogP contribution in [0.1, 0.15) is 10.4 Å². The zero-order chi connectivity index (χ0) is 14.5. The van der Waals surface area contributed by atoms with E-state index >= 15 is 0 Å². The van der Waals surface area contributed by atoms with Gasteiger partial charge in [0.25, 0.3) is 5.56 Å². The van der Waals surface area contributed by atoms with Crippen molar-refractivity contribution >= 4 is 17.6 Å². The van der Waals surface area contributed by atoms with Crippen molar-refractivity contribution in [2.75, 3.05) is 6.61 Å². The average Bonchev–Trinajstić information content (AvgIpc) is 2.42. The molecule has 0 unspecified atom stereocenters. The summed E-state index contributed by atoms with van der Waals surface area (Å²) in [4.78, 5) is 22.2. The highest BCUT2D eigenvalue weighted by Crippen LogP contribution is 2.25. The Hall–Kier alpha value is -2.27. The van der Waals surface area contributed by atoms with E-state index in [2.05, 4.69) is 0 Å². The van der Waals surface area contributed by atoms with Crippen LogP contribution in [0.3, 0.4) is 0 Å². The minimum absolute atomic E-state index is 0.0987. The van der Waals surface area contributed by atoms with E-state index < -0.39 is 5.97 Å². The van der Waals surface area contributed by atoms with Gasteiger partial charge in [-0.05, 0) is 24.3 Å². The molecule has 1 aromatic heterocycles. The maximum absolute atomic E-state index is 11.5. The van der Waals surface area contributed by atoms with Gasteiger partial charge < -0.3 is 14.4 Å². The van der Waals surface area contributed by atoms with Crippen LogP contribution in [0.5, 0.6) is 5.75 Å². The molecule has 0 bridgehead atoms. The topological polar surface area (TPSA) is 68.5 Å². The van der Waals surface area contributed by atoms with Crippen molar-refractivity contribution in [2.24, 2.45) is 0 Å². The van der Waals surface area contributed by atoms with Crippen LogP contribution in [0.25, 0.3) is 0 Å². The summed E-state index contributed by atoms with van der Waals surface area (Å²) in [6.45, 7) is 0.646. The van der Waals surface area contributed by atoms with E-state index in [4.69, 9.17) is 21.4 Å². The summed E-state index contributed by atoms with van der Waals surface area (Å²) in [5, 5.41) is 9.05. The van der Waals surface area contributed by atoms with E-state index in [0.717, 1.165) is 0 Å². The molecule has 1 heterocycles. The molecular formula is C14H12ClNO4. The number of benzene rings is 1. The zero-order valence-corrected chi connectivity index (χ0v) is 11.2. The smallest absolute Gasteiger partial charge is 0.335 e. The number of aromatic nitrogens is 1. The fourth-order valence-corrected chi connectivity index (χ4v) is 1.89. The van der Waals surface area contributed by atoms with E-state index in [1.165, 1.54) is 28.8 Å². The highest BCUT2D eigenvalue weighted by molar-refractivity contribution is 6.32. The lowest BCUT2D eigenvalue weighted by molar-refractivity contribution is 0.0697. The van der Waals surface area contributed by atoms with Crippen molar-refractivity contribution in [3.8, 4) is 5.75 Å². The van der Waals surface area contributed by atoms with Crippen LogP contribution < -0.4 is 10.3 Å². The lowest BCUT2D eigenvalue weighted by Crippen LogP contribution is -2.21. The van der Waals surface area contributed by atoms with Crippen LogP contribution in [0.4, 0.5) is 0 Å². The second kappa shape index (κ2) is 6.25. The van der Waals surface area contributed by atoms with E-state index in [-0.39, 0.29) is 22.8 Å². The molecular weight excluding hydrogens is 282 g/mol. The Kier molecular flexibility index (Phi) is 4.42. The highest BCUT2D eigenvalue weighted by atomic mass is 35.5. The predicted octanol–water partition coefficient (Wildman–Crippen LogP) is 2.28. The fraction of sp³-hybridized carbons (Fsp3) is 0.143. The summed E-state index contributed by atoms with van der Waals surface area (Å²) in [5.74, 6) is -0.657. The van der Waals surface area contributed by atoms with E-state index in [9.17, 15) is 9.59 Å². The molecule has 1 N–H and O–H groups in total. The molecule has 104 valence electrons. The van der Waals surface area contributed by atoms with Crippen LogP contribution in [0.2, 0.25) is 5.02 Å². The summed E-state index contributed by atoms with van der Waals surface area (Å²) >= 11 is 5.93. The molecule has 1 aromatic carbocycles. The molecule has 0 aliphatic rings. The first-order valence-corrected chi connectivity index (χ1v) is 6.27. The highest BCUT2D eigenvalue weighted by Gasteiger charge is 2.07. The number of ether oxygens (including phenoxy) is 1. The molecule has 0 amide bonds. The number of pyridine rings is 1. The summed E-state index contributed by atoms with van der Waals surface area (Å²) in [5.41, 5.74) is -0.00921. The van der Waals surface area contributed by atoms with Crippen LogP contribution in [-0.4, -0.2) is 22.2 Å². The number of carboxylic acids is 1. The zero-order valence-electron chi connectivity index (χ0n) is 10.5. The van der Waals surface area contributed by atoms with Gasteiger partial charge in [0.15, 0.2) is 0 Å². The Balaban J connectivity index is 2.00. The normalized spacial score (nSPS) is 10.2. The number of hydrogen-bond acceptors (Lipinski definition) is 3. The molecule has 5 nitrogen and oxygen atoms in total. The van der Waals surface area contributed by atoms with Gasteiger partial charge in [-0.15, -0.1) is 0 Å². The van der Waals surface area contributed by atoms with E-state index in [1.807, 2.05) is 0 Å². The predicted molar refractivity (Wildman–Crippen MR) is 74.6 cm³/mol. The van der Waals surface area contributed by atoms with Crippen molar-refractivity contribution in [3.63, 3.8) is 0 Å². The number of nitrogens with zero attached hydrogens (tertiary/aromatic N) is 1. The molecule has 0 aliphatic heterocycles. The summed E-state index contributed by atoms with van der Waals surface area (Å²) in [6, 6.07) is 9.14. The first-order chi connectivity index (χ1) is 9.58. The minimum atomic E-state index is -1.05. The second-order valence-corrected chi connectivity index (χ2v) is 4.44. The van der Waals surface area contributed by atoms with Crippen LogP contribution in [0.15, 0.2) is 47.4 Å². The Labute approximate surface area is 120 Å². The van der Waals surface area contributed by atoms with Gasteiger partial charge in [0.05, 0.1) is 17.1 Å². The molecule has 0 aliphatic carbocycles. The number of hydrogen-bond donors (Lipinski definition) is 1. The third-order valence-corrected chi connectivity index (χ3v) is 2.96.